The molecule has 140 valence electrons. The molecule has 1 atom stereocenters. The lowest BCUT2D eigenvalue weighted by atomic mass is 9.84. The van der Waals surface area contributed by atoms with Crippen molar-refractivity contribution >= 4 is 35.8 Å². The van der Waals surface area contributed by atoms with E-state index in [2.05, 4.69) is 27.6 Å². The maximum atomic E-state index is 12.6. The lowest BCUT2D eigenvalue weighted by Gasteiger charge is -2.31. The summed E-state index contributed by atoms with van der Waals surface area (Å²) in [4.78, 5) is 21.0. The van der Waals surface area contributed by atoms with Crippen LogP contribution in [0, 0.1) is 5.41 Å². The summed E-state index contributed by atoms with van der Waals surface area (Å²) in [6, 6.07) is 0.581. The molecule has 7 heteroatoms. The quantitative estimate of drug-likeness (QED) is 0.378. The van der Waals surface area contributed by atoms with Crippen LogP contribution in [0.3, 0.4) is 0 Å². The van der Waals surface area contributed by atoms with E-state index in [1.54, 1.807) is 11.9 Å². The number of carbonyl (C=O) groups is 1. The van der Waals surface area contributed by atoms with Gasteiger partial charge in [0.05, 0.1) is 5.41 Å². The van der Waals surface area contributed by atoms with Gasteiger partial charge in [-0.15, -0.1) is 24.0 Å². The van der Waals surface area contributed by atoms with E-state index in [0.29, 0.717) is 12.6 Å². The first-order chi connectivity index (χ1) is 11.0. The Kier molecular flexibility index (Phi) is 8.76. The van der Waals surface area contributed by atoms with E-state index in [9.17, 15) is 4.79 Å². The van der Waals surface area contributed by atoms with E-state index >= 15 is 0 Å². The molecule has 1 aliphatic carbocycles. The van der Waals surface area contributed by atoms with Crippen molar-refractivity contribution in [1.29, 1.82) is 0 Å². The third-order valence-corrected chi connectivity index (χ3v) is 5.41. The minimum atomic E-state index is -0.259. The second-order valence-electron chi connectivity index (χ2n) is 7.27. The van der Waals surface area contributed by atoms with Crippen LogP contribution in [0.25, 0.3) is 0 Å². The molecule has 1 saturated heterocycles. The van der Waals surface area contributed by atoms with Gasteiger partial charge in [0, 0.05) is 40.3 Å². The molecular formula is C17H34IN5O. The molecule has 1 unspecified atom stereocenters. The van der Waals surface area contributed by atoms with E-state index in [1.165, 1.54) is 19.4 Å². The summed E-state index contributed by atoms with van der Waals surface area (Å²) in [5, 5.41) is 6.82. The number of guanidine groups is 1. The van der Waals surface area contributed by atoms with Crippen molar-refractivity contribution in [2.45, 2.75) is 44.6 Å². The van der Waals surface area contributed by atoms with Gasteiger partial charge in [-0.2, -0.15) is 0 Å². The van der Waals surface area contributed by atoms with Crippen LogP contribution in [0.1, 0.15) is 38.5 Å². The van der Waals surface area contributed by atoms with Gasteiger partial charge in [-0.05, 0) is 39.3 Å². The lowest BCUT2D eigenvalue weighted by molar-refractivity contribution is -0.138. The fourth-order valence-corrected chi connectivity index (χ4v) is 3.92. The third kappa shape index (κ3) is 5.21. The van der Waals surface area contributed by atoms with Gasteiger partial charge in [0.15, 0.2) is 5.96 Å². The highest BCUT2D eigenvalue weighted by molar-refractivity contribution is 14.0. The number of halogens is 1. The van der Waals surface area contributed by atoms with Crippen molar-refractivity contribution < 1.29 is 4.79 Å². The molecule has 2 fully saturated rings. The van der Waals surface area contributed by atoms with Gasteiger partial charge in [-0.3, -0.25) is 9.79 Å². The van der Waals surface area contributed by atoms with Crippen LogP contribution in [0.4, 0.5) is 0 Å². The lowest BCUT2D eigenvalue weighted by Crippen LogP contribution is -2.50. The van der Waals surface area contributed by atoms with Gasteiger partial charge >= 0.3 is 0 Å². The molecule has 0 radical (unpaired) electrons. The Morgan fingerprint density at radius 1 is 1.25 bits per heavy atom. The molecule has 6 nitrogen and oxygen atoms in total. The summed E-state index contributed by atoms with van der Waals surface area (Å²) in [6.07, 6.45) is 6.73. The number of carbonyl (C=O) groups excluding carboxylic acids is 1. The van der Waals surface area contributed by atoms with Gasteiger partial charge in [-0.25, -0.2) is 0 Å². The first-order valence-electron chi connectivity index (χ1n) is 8.85. The highest BCUT2D eigenvalue weighted by atomic mass is 127. The van der Waals surface area contributed by atoms with E-state index in [4.69, 9.17) is 0 Å². The monoisotopic (exact) mass is 451 g/mol. The topological polar surface area (TPSA) is 60.0 Å². The number of nitrogens with zero attached hydrogens (tertiary/aromatic N) is 3. The Balaban J connectivity index is 0.00000288. The number of nitrogens with one attached hydrogen (secondary N) is 2. The third-order valence-electron chi connectivity index (χ3n) is 5.41. The minimum absolute atomic E-state index is 0. The zero-order valence-corrected chi connectivity index (χ0v) is 17.9. The Labute approximate surface area is 163 Å². The summed E-state index contributed by atoms with van der Waals surface area (Å²) in [6.45, 7) is 2.76. The van der Waals surface area contributed by atoms with E-state index in [0.717, 1.165) is 38.2 Å². The van der Waals surface area contributed by atoms with E-state index in [-0.39, 0.29) is 35.3 Å². The van der Waals surface area contributed by atoms with Gasteiger partial charge < -0.3 is 20.4 Å². The summed E-state index contributed by atoms with van der Waals surface area (Å²) >= 11 is 0. The van der Waals surface area contributed by atoms with Crippen LogP contribution in [0.5, 0.6) is 0 Å². The predicted octanol–water partition coefficient (Wildman–Crippen LogP) is 1.51. The summed E-state index contributed by atoms with van der Waals surface area (Å²) in [5.74, 6) is 1.05. The van der Waals surface area contributed by atoms with Crippen molar-refractivity contribution in [3.8, 4) is 0 Å². The van der Waals surface area contributed by atoms with Crippen LogP contribution in [-0.4, -0.2) is 75.5 Å². The van der Waals surface area contributed by atoms with Crippen molar-refractivity contribution in [3.63, 3.8) is 0 Å². The maximum Gasteiger partial charge on any atom is 0.230 e. The first kappa shape index (κ1) is 21.5. The molecule has 2 aliphatic rings. The molecule has 2 rings (SSSR count). The zero-order chi connectivity index (χ0) is 16.9. The normalized spacial score (nSPS) is 23.7. The average molecular weight is 451 g/mol. The summed E-state index contributed by atoms with van der Waals surface area (Å²) < 4.78 is 0. The minimum Gasteiger partial charge on any atom is -0.355 e. The molecule has 0 aromatic rings. The fraction of sp³-hybridized carbons (Fsp3) is 0.882. The Bertz CT molecular complexity index is 435. The van der Waals surface area contributed by atoms with Gasteiger partial charge in [0.1, 0.15) is 0 Å². The van der Waals surface area contributed by atoms with E-state index in [1.807, 2.05) is 14.1 Å². The molecule has 0 aromatic heterocycles. The maximum absolute atomic E-state index is 12.6. The second kappa shape index (κ2) is 9.79. The van der Waals surface area contributed by atoms with Crippen molar-refractivity contribution in [2.75, 3.05) is 47.8 Å². The zero-order valence-electron chi connectivity index (χ0n) is 15.6. The first-order valence-corrected chi connectivity index (χ1v) is 8.85. The molecule has 1 heterocycles. The number of hydrogen-bond donors (Lipinski definition) is 2. The molecule has 0 aromatic carbocycles. The van der Waals surface area contributed by atoms with Crippen LogP contribution >= 0.6 is 24.0 Å². The SMILES string of the molecule is CN=C(NCC1CCCN1C)NCC1(C(=O)N(C)C)CCCC1.I. The van der Waals surface area contributed by atoms with Crippen LogP contribution in [-0.2, 0) is 4.79 Å². The van der Waals surface area contributed by atoms with Gasteiger partial charge in [-0.1, -0.05) is 12.8 Å². The summed E-state index contributed by atoms with van der Waals surface area (Å²) in [5.41, 5.74) is -0.259. The largest absolute Gasteiger partial charge is 0.355 e. The number of amides is 1. The Morgan fingerprint density at radius 2 is 1.92 bits per heavy atom. The molecule has 0 spiro atoms. The van der Waals surface area contributed by atoms with Crippen molar-refractivity contribution in [1.82, 2.24) is 20.4 Å². The number of likely N-dealkylation sites (N-methyl/N-ethyl adjacent to an activating group) is 1. The highest BCUT2D eigenvalue weighted by Gasteiger charge is 2.42. The smallest absolute Gasteiger partial charge is 0.230 e. The van der Waals surface area contributed by atoms with Crippen molar-refractivity contribution in [2.24, 2.45) is 10.4 Å². The number of hydrogen-bond acceptors (Lipinski definition) is 3. The van der Waals surface area contributed by atoms with Gasteiger partial charge in [0.2, 0.25) is 5.91 Å². The predicted molar refractivity (Wildman–Crippen MR) is 110 cm³/mol. The second-order valence-corrected chi connectivity index (χ2v) is 7.27. The standard InChI is InChI=1S/C17H33N5O.HI/c1-18-16(19-12-14-8-7-11-22(14)4)20-13-17(9-5-6-10-17)15(23)21(2)3;/h14H,5-13H2,1-4H3,(H2,18,19,20);1H. The molecule has 1 saturated carbocycles. The number of rotatable bonds is 5. The number of aliphatic imine (C=N–C) groups is 1. The molecule has 1 aliphatic heterocycles. The summed E-state index contributed by atoms with van der Waals surface area (Å²) in [7, 11) is 7.68. The molecular weight excluding hydrogens is 417 g/mol. The van der Waals surface area contributed by atoms with Crippen LogP contribution in [0.15, 0.2) is 4.99 Å². The Hall–Kier alpha value is -0.570. The van der Waals surface area contributed by atoms with Gasteiger partial charge in [0.25, 0.3) is 0 Å². The molecule has 24 heavy (non-hydrogen) atoms. The average Bonchev–Trinajstić information content (AvgIpc) is 3.17. The molecule has 1 amide bonds. The molecule has 0 bridgehead atoms. The van der Waals surface area contributed by atoms with Crippen LogP contribution < -0.4 is 10.6 Å². The van der Waals surface area contributed by atoms with E-state index < -0.39 is 0 Å². The fourth-order valence-electron chi connectivity index (χ4n) is 3.92. The Morgan fingerprint density at radius 3 is 2.42 bits per heavy atom. The highest BCUT2D eigenvalue weighted by Crippen LogP contribution is 2.38. The van der Waals surface area contributed by atoms with Crippen molar-refractivity contribution in [3.05, 3.63) is 0 Å². The number of likely N-dealkylation sites (tertiary alicyclic amines) is 1. The molecule has 2 N–H and O–H groups in total. The van der Waals surface area contributed by atoms with Crippen LogP contribution in [0.2, 0.25) is 0 Å².